The van der Waals surface area contributed by atoms with Crippen LogP contribution in [0.3, 0.4) is 0 Å². The summed E-state index contributed by atoms with van der Waals surface area (Å²) in [6.45, 7) is -0.400. The zero-order chi connectivity index (χ0) is 18.0. The van der Waals surface area contributed by atoms with Gasteiger partial charge in [-0.05, 0) is 35.7 Å². The summed E-state index contributed by atoms with van der Waals surface area (Å²) in [5.41, 5.74) is 1.97. The van der Waals surface area contributed by atoms with Crippen LogP contribution in [0.1, 0.15) is 27.3 Å². The molecule has 128 valence electrons. The minimum atomic E-state index is -0.564. The highest BCUT2D eigenvalue weighted by atomic mass is 19.1. The highest BCUT2D eigenvalue weighted by molar-refractivity contribution is 6.01. The van der Waals surface area contributed by atoms with Gasteiger partial charge in [0.05, 0.1) is 12.3 Å². The van der Waals surface area contributed by atoms with Crippen LogP contribution in [-0.4, -0.2) is 33.1 Å². The van der Waals surface area contributed by atoms with Gasteiger partial charge in [0.1, 0.15) is 11.3 Å². The van der Waals surface area contributed by atoms with E-state index in [2.05, 4.69) is 15.3 Å². The van der Waals surface area contributed by atoms with Gasteiger partial charge in [0.25, 0.3) is 5.91 Å². The van der Waals surface area contributed by atoms with Crippen molar-refractivity contribution in [2.75, 3.05) is 7.05 Å². The Morgan fingerprint density at radius 1 is 1.24 bits per heavy atom. The van der Waals surface area contributed by atoms with E-state index in [0.29, 0.717) is 11.8 Å². The summed E-state index contributed by atoms with van der Waals surface area (Å²) < 4.78 is 13.0. The van der Waals surface area contributed by atoms with Crippen LogP contribution in [0.15, 0.2) is 36.5 Å². The van der Waals surface area contributed by atoms with Crippen LogP contribution in [0.5, 0.6) is 5.75 Å². The molecule has 0 aliphatic carbocycles. The number of rotatable bonds is 4. The number of amides is 1. The van der Waals surface area contributed by atoms with Crippen LogP contribution >= 0.6 is 0 Å². The number of nitrogens with one attached hydrogen (secondary N) is 1. The minimum absolute atomic E-state index is 0.183. The molecule has 0 radical (unpaired) electrons. The second kappa shape index (κ2) is 6.82. The molecule has 3 N–H and O–H groups in total. The molecule has 3 rings (SSSR count). The van der Waals surface area contributed by atoms with Crippen LogP contribution in [0.2, 0.25) is 0 Å². The third-order valence-corrected chi connectivity index (χ3v) is 3.86. The first-order chi connectivity index (χ1) is 12.0. The molecule has 3 aromatic rings. The van der Waals surface area contributed by atoms with E-state index in [1.54, 1.807) is 24.4 Å². The van der Waals surface area contributed by atoms with Gasteiger partial charge in [-0.1, -0.05) is 12.1 Å². The fourth-order valence-electron chi connectivity index (χ4n) is 2.61. The lowest BCUT2D eigenvalue weighted by Crippen LogP contribution is -2.20. The molecule has 7 heteroatoms. The van der Waals surface area contributed by atoms with Crippen molar-refractivity contribution in [3.8, 4) is 5.75 Å². The van der Waals surface area contributed by atoms with Crippen LogP contribution < -0.4 is 5.32 Å². The second-order valence-corrected chi connectivity index (χ2v) is 5.54. The van der Waals surface area contributed by atoms with E-state index in [1.807, 2.05) is 0 Å². The van der Waals surface area contributed by atoms with Gasteiger partial charge in [0, 0.05) is 18.6 Å². The fraction of sp³-hybridized carbons (Fsp3) is 0.167. The van der Waals surface area contributed by atoms with E-state index < -0.39 is 12.5 Å². The number of aromatic hydroxyl groups is 1. The monoisotopic (exact) mass is 341 g/mol. The number of aliphatic hydroxyl groups excluding tert-OH is 1. The molecular weight excluding hydrogens is 325 g/mol. The largest absolute Gasteiger partial charge is 0.504 e. The van der Waals surface area contributed by atoms with Gasteiger partial charge in [-0.15, -0.1) is 0 Å². The zero-order valence-electron chi connectivity index (χ0n) is 13.5. The molecule has 0 bridgehead atoms. The number of halogens is 1. The van der Waals surface area contributed by atoms with Crippen LogP contribution in [0.25, 0.3) is 10.9 Å². The Hall–Kier alpha value is -3.06. The van der Waals surface area contributed by atoms with Crippen molar-refractivity contribution in [1.82, 2.24) is 15.3 Å². The molecule has 0 unspecified atom stereocenters. The lowest BCUT2D eigenvalue weighted by Gasteiger charge is -2.11. The highest BCUT2D eigenvalue weighted by Gasteiger charge is 2.19. The number of fused-ring (bicyclic) bond motifs is 1. The average molecular weight is 341 g/mol. The molecule has 0 aliphatic rings. The van der Waals surface area contributed by atoms with Crippen molar-refractivity contribution >= 4 is 16.8 Å². The quantitative estimate of drug-likeness (QED) is 0.674. The standard InChI is InChI=1S/C18H16FN3O3/c1-20-18(25)16-17(24)15-13(14(9-23)22-16)7-11(8-21-15)6-10-2-4-12(19)5-3-10/h2-5,7-8,23-24H,6,9H2,1H3,(H,20,25). The van der Waals surface area contributed by atoms with Crippen LogP contribution in [0, 0.1) is 5.82 Å². The van der Waals surface area contributed by atoms with E-state index >= 15 is 0 Å². The molecule has 25 heavy (non-hydrogen) atoms. The number of pyridine rings is 2. The molecule has 2 aromatic heterocycles. The van der Waals surface area contributed by atoms with Gasteiger partial charge in [-0.25, -0.2) is 9.37 Å². The summed E-state index contributed by atoms with van der Waals surface area (Å²) in [7, 11) is 1.42. The van der Waals surface area contributed by atoms with Crippen molar-refractivity contribution in [3.05, 3.63) is 64.9 Å². The van der Waals surface area contributed by atoms with Crippen molar-refractivity contribution in [1.29, 1.82) is 0 Å². The summed E-state index contributed by atoms with van der Waals surface area (Å²) in [5.74, 6) is -1.20. The van der Waals surface area contributed by atoms with Crippen molar-refractivity contribution in [3.63, 3.8) is 0 Å². The number of aliphatic hydroxyl groups is 1. The molecule has 1 aromatic carbocycles. The molecule has 2 heterocycles. The third kappa shape index (κ3) is 3.27. The Morgan fingerprint density at radius 2 is 1.96 bits per heavy atom. The number of carbonyl (C=O) groups is 1. The SMILES string of the molecule is CNC(=O)c1nc(CO)c2cc(Cc3ccc(F)cc3)cnc2c1O. The van der Waals surface area contributed by atoms with E-state index in [9.17, 15) is 19.4 Å². The van der Waals surface area contributed by atoms with Gasteiger partial charge in [-0.3, -0.25) is 9.78 Å². The maximum absolute atomic E-state index is 13.0. The molecule has 0 atom stereocenters. The first-order valence-corrected chi connectivity index (χ1v) is 7.61. The first kappa shape index (κ1) is 16.8. The Balaban J connectivity index is 2.07. The van der Waals surface area contributed by atoms with Crippen molar-refractivity contribution < 1.29 is 19.4 Å². The lowest BCUT2D eigenvalue weighted by molar-refractivity contribution is 0.0955. The van der Waals surface area contributed by atoms with Crippen LogP contribution in [0.4, 0.5) is 4.39 Å². The lowest BCUT2D eigenvalue weighted by atomic mass is 10.0. The number of carbonyl (C=O) groups excluding carboxylic acids is 1. The molecule has 6 nitrogen and oxygen atoms in total. The maximum Gasteiger partial charge on any atom is 0.273 e. The number of aromatic nitrogens is 2. The van der Waals surface area contributed by atoms with Crippen molar-refractivity contribution in [2.45, 2.75) is 13.0 Å². The Kier molecular flexibility index (Phi) is 4.58. The molecule has 0 saturated heterocycles. The fourth-order valence-corrected chi connectivity index (χ4v) is 2.61. The number of benzene rings is 1. The Labute approximate surface area is 143 Å². The zero-order valence-corrected chi connectivity index (χ0v) is 13.5. The molecule has 0 aliphatic heterocycles. The average Bonchev–Trinajstić information content (AvgIpc) is 2.63. The maximum atomic E-state index is 13.0. The molecular formula is C18H16FN3O3. The predicted molar refractivity (Wildman–Crippen MR) is 89.7 cm³/mol. The van der Waals surface area contributed by atoms with Crippen molar-refractivity contribution in [2.24, 2.45) is 0 Å². The van der Waals surface area contributed by atoms with E-state index in [0.717, 1.165) is 11.1 Å². The van der Waals surface area contributed by atoms with Gasteiger partial charge in [0.15, 0.2) is 11.4 Å². The van der Waals surface area contributed by atoms with Crippen LogP contribution in [-0.2, 0) is 13.0 Å². The van der Waals surface area contributed by atoms with E-state index in [4.69, 9.17) is 0 Å². The number of hydrogen-bond donors (Lipinski definition) is 3. The normalized spacial score (nSPS) is 10.8. The third-order valence-electron chi connectivity index (χ3n) is 3.86. The molecule has 1 amide bonds. The smallest absolute Gasteiger partial charge is 0.273 e. The summed E-state index contributed by atoms with van der Waals surface area (Å²) in [6.07, 6.45) is 2.08. The van der Waals surface area contributed by atoms with Gasteiger partial charge in [0.2, 0.25) is 0 Å². The molecule has 0 spiro atoms. The predicted octanol–water partition coefficient (Wildman–Crippen LogP) is 1.92. The van der Waals surface area contributed by atoms with Gasteiger partial charge in [-0.2, -0.15) is 0 Å². The first-order valence-electron chi connectivity index (χ1n) is 7.61. The Bertz CT molecular complexity index is 942. The summed E-state index contributed by atoms with van der Waals surface area (Å²) in [5, 5.41) is 22.7. The summed E-state index contributed by atoms with van der Waals surface area (Å²) in [4.78, 5) is 20.1. The van der Waals surface area contributed by atoms with Gasteiger partial charge < -0.3 is 15.5 Å². The van der Waals surface area contributed by atoms with E-state index in [-0.39, 0.29) is 28.5 Å². The highest BCUT2D eigenvalue weighted by Crippen LogP contribution is 2.29. The number of hydrogen-bond acceptors (Lipinski definition) is 5. The summed E-state index contributed by atoms with van der Waals surface area (Å²) >= 11 is 0. The number of nitrogens with zero attached hydrogens (tertiary/aromatic N) is 2. The topological polar surface area (TPSA) is 95.3 Å². The Morgan fingerprint density at radius 3 is 2.60 bits per heavy atom. The molecule has 0 saturated carbocycles. The van der Waals surface area contributed by atoms with E-state index in [1.165, 1.54) is 19.2 Å². The van der Waals surface area contributed by atoms with Gasteiger partial charge >= 0.3 is 0 Å². The molecule has 0 fully saturated rings. The summed E-state index contributed by atoms with van der Waals surface area (Å²) in [6, 6.07) is 7.86. The second-order valence-electron chi connectivity index (χ2n) is 5.54. The minimum Gasteiger partial charge on any atom is -0.504 e.